The Labute approximate surface area is 186 Å². The molecule has 2 aromatic carbocycles. The van der Waals surface area contributed by atoms with Gasteiger partial charge in [0.05, 0.1) is 5.69 Å². The van der Waals surface area contributed by atoms with E-state index in [9.17, 15) is 9.59 Å². The minimum atomic E-state index is -0.416. The molecule has 4 rings (SSSR count). The summed E-state index contributed by atoms with van der Waals surface area (Å²) in [5.74, 6) is -0.791. The Morgan fingerprint density at radius 1 is 0.812 bits per heavy atom. The van der Waals surface area contributed by atoms with Crippen LogP contribution in [-0.4, -0.2) is 69.1 Å². The minimum Gasteiger partial charge on any atom is -0.369 e. The highest BCUT2D eigenvalue weighted by Crippen LogP contribution is 2.18. The predicted molar refractivity (Wildman–Crippen MR) is 119 cm³/mol. The van der Waals surface area contributed by atoms with Crippen LogP contribution in [0, 0.1) is 0 Å². The Bertz CT molecular complexity index is 1040. The van der Waals surface area contributed by atoms with Crippen molar-refractivity contribution in [3.8, 4) is 5.69 Å². The van der Waals surface area contributed by atoms with Crippen molar-refractivity contribution >= 4 is 17.5 Å². The van der Waals surface area contributed by atoms with Gasteiger partial charge in [0.1, 0.15) is 6.33 Å². The number of hydrazine groups is 1. The van der Waals surface area contributed by atoms with Crippen LogP contribution in [0.5, 0.6) is 0 Å². The number of piperazine rings is 1. The minimum absolute atomic E-state index is 0.375. The van der Waals surface area contributed by atoms with Crippen molar-refractivity contribution in [1.82, 2.24) is 36.0 Å². The normalized spacial score (nSPS) is 14.4. The zero-order chi connectivity index (χ0) is 22.5. The highest BCUT2D eigenvalue weighted by molar-refractivity contribution is 5.99. The molecular weight excluding hydrogens is 408 g/mol. The lowest BCUT2D eigenvalue weighted by Gasteiger charge is -2.38. The fourth-order valence-corrected chi connectivity index (χ4v) is 3.62. The fourth-order valence-electron chi connectivity index (χ4n) is 3.62. The van der Waals surface area contributed by atoms with Crippen LogP contribution in [0.2, 0.25) is 0 Å². The summed E-state index contributed by atoms with van der Waals surface area (Å²) in [6.07, 6.45) is 1.46. The molecule has 0 radical (unpaired) electrons. The molecule has 1 aliphatic rings. The van der Waals surface area contributed by atoms with E-state index in [2.05, 4.69) is 50.0 Å². The van der Waals surface area contributed by atoms with Gasteiger partial charge in [0.25, 0.3) is 11.8 Å². The number of aromatic nitrogens is 4. The van der Waals surface area contributed by atoms with Crippen LogP contribution >= 0.6 is 0 Å². The molecule has 0 aliphatic carbocycles. The number of nitrogens with zero attached hydrogens (tertiary/aromatic N) is 6. The summed E-state index contributed by atoms with van der Waals surface area (Å²) in [4.78, 5) is 29.5. The van der Waals surface area contributed by atoms with Gasteiger partial charge in [-0.2, -0.15) is 0 Å². The molecule has 2 N–H and O–H groups in total. The van der Waals surface area contributed by atoms with Crippen molar-refractivity contribution in [1.29, 1.82) is 0 Å². The first-order valence-corrected chi connectivity index (χ1v) is 10.5. The summed E-state index contributed by atoms with van der Waals surface area (Å²) >= 11 is 0. The van der Waals surface area contributed by atoms with Gasteiger partial charge in [0, 0.05) is 49.0 Å². The van der Waals surface area contributed by atoms with Crippen molar-refractivity contribution in [3.63, 3.8) is 0 Å². The molecule has 2 heterocycles. The topological polar surface area (TPSA) is 108 Å². The standard InChI is InChI=1S/C22H26N8O2/c1-16(2)28-11-13-29(14-12-28)19-7-3-17(4-8-19)21(31)24-25-22(32)18-5-9-20(10-6-18)30-15-23-26-27-30/h3-10,15-16H,11-14H2,1-2H3,(H,24,31)(H,25,32). The lowest BCUT2D eigenvalue weighted by Crippen LogP contribution is -2.48. The van der Waals surface area contributed by atoms with Crippen molar-refractivity contribution in [2.45, 2.75) is 19.9 Å². The Balaban J connectivity index is 1.29. The first-order chi connectivity index (χ1) is 15.5. The third kappa shape index (κ3) is 4.92. The summed E-state index contributed by atoms with van der Waals surface area (Å²) in [5, 5.41) is 10.9. The third-order valence-corrected chi connectivity index (χ3v) is 5.57. The van der Waals surface area contributed by atoms with Gasteiger partial charge < -0.3 is 4.90 Å². The molecule has 1 fully saturated rings. The highest BCUT2D eigenvalue weighted by Gasteiger charge is 2.19. The number of anilines is 1. The average molecular weight is 435 g/mol. The van der Waals surface area contributed by atoms with Gasteiger partial charge in [0.15, 0.2) is 0 Å². The summed E-state index contributed by atoms with van der Waals surface area (Å²) in [5.41, 5.74) is 7.60. The maximum absolute atomic E-state index is 12.4. The lowest BCUT2D eigenvalue weighted by molar-refractivity contribution is 0.0846. The Kier molecular flexibility index (Phi) is 6.41. The lowest BCUT2D eigenvalue weighted by atomic mass is 10.1. The molecule has 10 heteroatoms. The van der Waals surface area contributed by atoms with Crippen LogP contribution in [0.25, 0.3) is 5.69 Å². The number of rotatable bonds is 5. The SMILES string of the molecule is CC(C)N1CCN(c2ccc(C(=O)NNC(=O)c3ccc(-n4cnnn4)cc3)cc2)CC1. The molecule has 0 atom stereocenters. The first-order valence-electron chi connectivity index (χ1n) is 10.5. The largest absolute Gasteiger partial charge is 0.369 e. The smallest absolute Gasteiger partial charge is 0.269 e. The first kappa shape index (κ1) is 21.4. The maximum atomic E-state index is 12.4. The third-order valence-electron chi connectivity index (χ3n) is 5.57. The Morgan fingerprint density at radius 3 is 1.81 bits per heavy atom. The Morgan fingerprint density at radius 2 is 1.34 bits per heavy atom. The van der Waals surface area contributed by atoms with Gasteiger partial charge in [-0.3, -0.25) is 25.3 Å². The second-order valence-electron chi connectivity index (χ2n) is 7.87. The zero-order valence-electron chi connectivity index (χ0n) is 18.1. The molecule has 10 nitrogen and oxygen atoms in total. The number of hydrogen-bond acceptors (Lipinski definition) is 7. The van der Waals surface area contributed by atoms with Crippen LogP contribution in [0.4, 0.5) is 5.69 Å². The van der Waals surface area contributed by atoms with Gasteiger partial charge in [-0.05, 0) is 72.8 Å². The van der Waals surface area contributed by atoms with E-state index in [-0.39, 0.29) is 5.91 Å². The molecule has 1 aliphatic heterocycles. The second-order valence-corrected chi connectivity index (χ2v) is 7.87. The zero-order valence-corrected chi connectivity index (χ0v) is 18.1. The summed E-state index contributed by atoms with van der Waals surface area (Å²) < 4.78 is 1.48. The van der Waals surface area contributed by atoms with Gasteiger partial charge in [-0.15, -0.1) is 5.10 Å². The van der Waals surface area contributed by atoms with Crippen LogP contribution < -0.4 is 15.8 Å². The molecule has 2 amide bonds. The average Bonchev–Trinajstić information content (AvgIpc) is 3.38. The van der Waals surface area contributed by atoms with E-state index < -0.39 is 5.91 Å². The Hall–Kier alpha value is -3.79. The molecule has 0 spiro atoms. The number of benzene rings is 2. The number of carbonyl (C=O) groups excluding carboxylic acids is 2. The van der Waals surface area contributed by atoms with Crippen LogP contribution in [0.1, 0.15) is 34.6 Å². The molecule has 0 unspecified atom stereocenters. The molecule has 32 heavy (non-hydrogen) atoms. The van der Waals surface area contributed by atoms with E-state index in [0.717, 1.165) is 37.6 Å². The molecule has 1 aromatic heterocycles. The second kappa shape index (κ2) is 9.56. The van der Waals surface area contributed by atoms with Crippen molar-refractivity contribution in [3.05, 3.63) is 66.0 Å². The quantitative estimate of drug-likeness (QED) is 0.582. The van der Waals surface area contributed by atoms with Crippen molar-refractivity contribution in [2.75, 3.05) is 31.1 Å². The van der Waals surface area contributed by atoms with Crippen molar-refractivity contribution in [2.24, 2.45) is 0 Å². The van der Waals surface area contributed by atoms with Gasteiger partial charge in [-0.1, -0.05) is 0 Å². The molecule has 3 aromatic rings. The van der Waals surface area contributed by atoms with E-state index in [1.165, 1.54) is 11.0 Å². The number of carbonyl (C=O) groups is 2. The van der Waals surface area contributed by atoms with E-state index in [0.29, 0.717) is 17.2 Å². The van der Waals surface area contributed by atoms with Gasteiger partial charge >= 0.3 is 0 Å². The van der Waals surface area contributed by atoms with E-state index in [1.54, 1.807) is 36.4 Å². The summed E-state index contributed by atoms with van der Waals surface area (Å²) in [6.45, 7) is 8.42. The molecular formula is C22H26N8O2. The van der Waals surface area contributed by atoms with Gasteiger partial charge in [-0.25, -0.2) is 4.68 Å². The van der Waals surface area contributed by atoms with Crippen LogP contribution in [0.15, 0.2) is 54.9 Å². The number of hydrogen-bond donors (Lipinski definition) is 2. The molecule has 0 saturated carbocycles. The fraction of sp³-hybridized carbons (Fsp3) is 0.318. The highest BCUT2D eigenvalue weighted by atomic mass is 16.2. The summed E-state index contributed by atoms with van der Waals surface area (Å²) in [6, 6.07) is 14.7. The number of amides is 2. The van der Waals surface area contributed by atoms with E-state index in [1.807, 2.05) is 12.1 Å². The molecule has 0 bridgehead atoms. The molecule has 1 saturated heterocycles. The number of tetrazole rings is 1. The van der Waals surface area contributed by atoms with E-state index in [4.69, 9.17) is 0 Å². The summed E-state index contributed by atoms with van der Waals surface area (Å²) in [7, 11) is 0. The number of nitrogens with one attached hydrogen (secondary N) is 2. The van der Waals surface area contributed by atoms with Crippen LogP contribution in [0.3, 0.4) is 0 Å². The van der Waals surface area contributed by atoms with E-state index >= 15 is 0 Å². The van der Waals surface area contributed by atoms with Crippen molar-refractivity contribution < 1.29 is 9.59 Å². The predicted octanol–water partition coefficient (Wildman–Crippen LogP) is 1.27. The molecule has 166 valence electrons. The van der Waals surface area contributed by atoms with Crippen LogP contribution in [-0.2, 0) is 0 Å². The van der Waals surface area contributed by atoms with Gasteiger partial charge in [0.2, 0.25) is 0 Å². The monoisotopic (exact) mass is 434 g/mol. The maximum Gasteiger partial charge on any atom is 0.269 e.